The maximum atomic E-state index is 14.2. The number of benzene rings is 3. The molecule has 0 bridgehead atoms. The van der Waals surface area contributed by atoms with Gasteiger partial charge in [0.1, 0.15) is 11.6 Å². The van der Waals surface area contributed by atoms with Crippen LogP contribution in [0.1, 0.15) is 21.5 Å². The van der Waals surface area contributed by atoms with Crippen molar-refractivity contribution in [2.75, 3.05) is 0 Å². The van der Waals surface area contributed by atoms with Gasteiger partial charge in [-0.15, -0.1) is 0 Å². The van der Waals surface area contributed by atoms with E-state index in [1.54, 1.807) is 12.1 Å². The summed E-state index contributed by atoms with van der Waals surface area (Å²) in [6, 6.07) is 14.7. The second-order valence-corrected chi connectivity index (χ2v) is 9.32. The Hall–Kier alpha value is -2.84. The number of carbonyl (C=O) groups is 3. The van der Waals surface area contributed by atoms with Crippen molar-refractivity contribution >= 4 is 69.8 Å². The molecule has 5 nitrogen and oxygen atoms in total. The smallest absolute Gasteiger partial charge is 0.343 e. The van der Waals surface area contributed by atoms with Crippen LogP contribution in [0.2, 0.25) is 15.1 Å². The van der Waals surface area contributed by atoms with Gasteiger partial charge >= 0.3 is 5.97 Å². The second-order valence-electron chi connectivity index (χ2n) is 7.05. The second kappa shape index (κ2) is 10.2. The predicted octanol–water partition coefficient (Wildman–Crippen LogP) is 7.24. The van der Waals surface area contributed by atoms with Crippen molar-refractivity contribution in [1.82, 2.24) is 4.90 Å². The number of ether oxygens (including phenoxy) is 1. The SMILES string of the molecule is O=C(Oc1ccc(Cl)cc1/C=C1\SC(=O)N(Cc2c(F)cccc2Cl)C1=O)c1ccc(Cl)cc1. The van der Waals surface area contributed by atoms with Crippen molar-refractivity contribution in [1.29, 1.82) is 0 Å². The molecule has 0 saturated carbocycles. The topological polar surface area (TPSA) is 63.7 Å². The first-order valence-electron chi connectivity index (χ1n) is 9.68. The molecule has 0 aromatic heterocycles. The molecule has 0 radical (unpaired) electrons. The first-order valence-corrected chi connectivity index (χ1v) is 11.6. The zero-order valence-corrected chi connectivity index (χ0v) is 20.1. The van der Waals surface area contributed by atoms with Gasteiger partial charge in [-0.25, -0.2) is 9.18 Å². The highest BCUT2D eigenvalue weighted by molar-refractivity contribution is 8.18. The molecule has 0 aliphatic carbocycles. The molecule has 3 aromatic rings. The zero-order valence-electron chi connectivity index (χ0n) is 17.1. The molecule has 1 saturated heterocycles. The van der Waals surface area contributed by atoms with Crippen LogP contribution in [0.3, 0.4) is 0 Å². The lowest BCUT2D eigenvalue weighted by molar-refractivity contribution is -0.123. The summed E-state index contributed by atoms with van der Waals surface area (Å²) in [7, 11) is 0. The monoisotopic (exact) mass is 535 g/mol. The molecule has 1 heterocycles. The van der Waals surface area contributed by atoms with E-state index in [0.29, 0.717) is 27.4 Å². The molecule has 0 N–H and O–H groups in total. The van der Waals surface area contributed by atoms with Crippen LogP contribution in [-0.2, 0) is 11.3 Å². The molecule has 10 heteroatoms. The van der Waals surface area contributed by atoms with Gasteiger partial charge < -0.3 is 4.74 Å². The van der Waals surface area contributed by atoms with Crippen LogP contribution in [0.15, 0.2) is 65.6 Å². The Morgan fingerprint density at radius 2 is 1.71 bits per heavy atom. The Labute approximate surface area is 213 Å². The van der Waals surface area contributed by atoms with Gasteiger partial charge in [0.2, 0.25) is 0 Å². The Bertz CT molecular complexity index is 1320. The summed E-state index contributed by atoms with van der Waals surface area (Å²) in [4.78, 5) is 38.9. The van der Waals surface area contributed by atoms with Crippen molar-refractivity contribution < 1.29 is 23.5 Å². The minimum absolute atomic E-state index is 0.0352. The fourth-order valence-electron chi connectivity index (χ4n) is 3.09. The summed E-state index contributed by atoms with van der Waals surface area (Å²) in [6.45, 7) is -0.318. The fraction of sp³-hybridized carbons (Fsp3) is 0.0417. The predicted molar refractivity (Wildman–Crippen MR) is 131 cm³/mol. The molecule has 0 unspecified atom stereocenters. The van der Waals surface area contributed by atoms with Crippen LogP contribution in [0.25, 0.3) is 6.08 Å². The molecule has 172 valence electrons. The average Bonchev–Trinajstić information content (AvgIpc) is 3.05. The average molecular weight is 537 g/mol. The Kier molecular flexibility index (Phi) is 7.28. The third-order valence-corrected chi connectivity index (χ3v) is 6.54. The summed E-state index contributed by atoms with van der Waals surface area (Å²) in [5, 5.41) is 0.317. The van der Waals surface area contributed by atoms with Gasteiger partial charge in [0.25, 0.3) is 11.1 Å². The normalized spacial score (nSPS) is 14.7. The number of esters is 1. The molecule has 34 heavy (non-hydrogen) atoms. The zero-order chi connectivity index (χ0) is 24.4. The van der Waals surface area contributed by atoms with E-state index in [-0.39, 0.29) is 33.3 Å². The highest BCUT2D eigenvalue weighted by atomic mass is 35.5. The van der Waals surface area contributed by atoms with Crippen molar-refractivity contribution in [3.05, 3.63) is 103 Å². The Morgan fingerprint density at radius 3 is 2.41 bits per heavy atom. The van der Waals surface area contributed by atoms with Gasteiger partial charge in [0, 0.05) is 26.2 Å². The van der Waals surface area contributed by atoms with Gasteiger partial charge in [0.15, 0.2) is 0 Å². The molecule has 0 spiro atoms. The van der Waals surface area contributed by atoms with E-state index < -0.39 is 22.9 Å². The Balaban J connectivity index is 1.60. The van der Waals surface area contributed by atoms with Gasteiger partial charge in [0.05, 0.1) is 17.0 Å². The lowest BCUT2D eigenvalue weighted by Crippen LogP contribution is -2.28. The standard InChI is InChI=1S/C24H13Cl3FNO4S/c25-15-6-4-13(5-7-15)23(31)33-20-9-8-16(26)10-14(20)11-21-22(30)29(24(32)34-21)12-17-18(27)2-1-3-19(17)28/h1-11H,12H2/b21-11-. The third-order valence-electron chi connectivity index (χ3n) is 4.79. The highest BCUT2D eigenvalue weighted by Gasteiger charge is 2.36. The van der Waals surface area contributed by atoms with E-state index in [1.807, 2.05) is 0 Å². The number of amides is 2. The van der Waals surface area contributed by atoms with E-state index in [4.69, 9.17) is 39.5 Å². The number of nitrogens with zero attached hydrogens (tertiary/aromatic N) is 1. The van der Waals surface area contributed by atoms with Crippen LogP contribution in [0.5, 0.6) is 5.75 Å². The fourth-order valence-corrected chi connectivity index (χ4v) is 4.45. The van der Waals surface area contributed by atoms with E-state index in [1.165, 1.54) is 54.6 Å². The van der Waals surface area contributed by atoms with Crippen molar-refractivity contribution in [3.63, 3.8) is 0 Å². The van der Waals surface area contributed by atoms with E-state index in [9.17, 15) is 18.8 Å². The summed E-state index contributed by atoms with van der Waals surface area (Å²) in [5.41, 5.74) is 0.615. The molecular weight excluding hydrogens is 524 g/mol. The molecule has 0 atom stereocenters. The summed E-state index contributed by atoms with van der Waals surface area (Å²) >= 11 is 18.7. The quantitative estimate of drug-likeness (QED) is 0.195. The van der Waals surface area contributed by atoms with Crippen molar-refractivity contribution in [2.45, 2.75) is 6.54 Å². The minimum Gasteiger partial charge on any atom is -0.422 e. The van der Waals surface area contributed by atoms with E-state index in [2.05, 4.69) is 0 Å². The molecule has 1 aliphatic rings. The largest absolute Gasteiger partial charge is 0.422 e. The maximum Gasteiger partial charge on any atom is 0.343 e. The number of rotatable bonds is 5. The molecule has 4 rings (SSSR count). The van der Waals surface area contributed by atoms with Crippen LogP contribution < -0.4 is 4.74 Å². The summed E-state index contributed by atoms with van der Waals surface area (Å²) in [5.74, 6) is -1.77. The van der Waals surface area contributed by atoms with Gasteiger partial charge in [-0.2, -0.15) is 0 Å². The van der Waals surface area contributed by atoms with Crippen LogP contribution in [0, 0.1) is 5.82 Å². The number of imide groups is 1. The highest BCUT2D eigenvalue weighted by Crippen LogP contribution is 2.36. The number of hydrogen-bond acceptors (Lipinski definition) is 5. The first kappa shape index (κ1) is 24.3. The number of thioether (sulfide) groups is 1. The molecule has 1 aliphatic heterocycles. The third kappa shape index (κ3) is 5.28. The van der Waals surface area contributed by atoms with Gasteiger partial charge in [-0.3, -0.25) is 14.5 Å². The Morgan fingerprint density at radius 1 is 1.00 bits per heavy atom. The molecule has 2 amide bonds. The molecular formula is C24H13Cl3FNO4S. The lowest BCUT2D eigenvalue weighted by atomic mass is 10.1. The number of carbonyl (C=O) groups excluding carboxylic acids is 3. The van der Waals surface area contributed by atoms with E-state index in [0.717, 1.165) is 4.90 Å². The maximum absolute atomic E-state index is 14.2. The van der Waals surface area contributed by atoms with Crippen LogP contribution in [-0.4, -0.2) is 22.0 Å². The summed E-state index contributed by atoms with van der Waals surface area (Å²) in [6.07, 6.45) is 1.39. The lowest BCUT2D eigenvalue weighted by Gasteiger charge is -2.14. The minimum atomic E-state index is -0.643. The van der Waals surface area contributed by atoms with Crippen LogP contribution >= 0.6 is 46.6 Å². The summed E-state index contributed by atoms with van der Waals surface area (Å²) < 4.78 is 19.6. The van der Waals surface area contributed by atoms with Crippen molar-refractivity contribution in [3.8, 4) is 5.75 Å². The first-order chi connectivity index (χ1) is 16.2. The number of hydrogen-bond donors (Lipinski definition) is 0. The number of halogens is 4. The van der Waals surface area contributed by atoms with Crippen LogP contribution in [0.4, 0.5) is 9.18 Å². The molecule has 1 fully saturated rings. The van der Waals surface area contributed by atoms with Gasteiger partial charge in [-0.1, -0.05) is 40.9 Å². The molecule has 3 aromatic carbocycles. The van der Waals surface area contributed by atoms with E-state index >= 15 is 0 Å². The van der Waals surface area contributed by atoms with Crippen molar-refractivity contribution in [2.24, 2.45) is 0 Å². The van der Waals surface area contributed by atoms with Gasteiger partial charge in [-0.05, 0) is 72.4 Å².